The molecule has 0 spiro atoms. The summed E-state index contributed by atoms with van der Waals surface area (Å²) in [5, 5.41) is 8.91. The molecule has 0 saturated carbocycles. The monoisotopic (exact) mass is 298 g/mol. The molecular formula is C12H11BrO4. The summed E-state index contributed by atoms with van der Waals surface area (Å²) in [4.78, 5) is 22.3. The highest BCUT2D eigenvalue weighted by molar-refractivity contribution is 9.10. The minimum atomic E-state index is -1.30. The van der Waals surface area contributed by atoms with Crippen molar-refractivity contribution >= 4 is 33.9 Å². The molecule has 0 heterocycles. The topological polar surface area (TPSA) is 63.6 Å². The van der Waals surface area contributed by atoms with Crippen LogP contribution in [0.3, 0.4) is 0 Å². The SMILES string of the molecule is CCOC(=O)C(=Cc1ccc(Br)cc1)C(=O)O. The quantitative estimate of drug-likeness (QED) is 0.401. The summed E-state index contributed by atoms with van der Waals surface area (Å²) in [6.45, 7) is 1.76. The Morgan fingerprint density at radius 3 is 2.41 bits per heavy atom. The first-order valence-electron chi connectivity index (χ1n) is 4.92. The predicted molar refractivity (Wildman–Crippen MR) is 66.4 cm³/mol. The molecule has 0 bridgehead atoms. The highest BCUT2D eigenvalue weighted by Crippen LogP contribution is 2.14. The van der Waals surface area contributed by atoms with Gasteiger partial charge in [0.2, 0.25) is 0 Å². The highest BCUT2D eigenvalue weighted by Gasteiger charge is 2.18. The van der Waals surface area contributed by atoms with Crippen molar-refractivity contribution in [2.45, 2.75) is 6.92 Å². The Labute approximate surface area is 107 Å². The Morgan fingerprint density at radius 1 is 1.35 bits per heavy atom. The maximum atomic E-state index is 11.4. The summed E-state index contributed by atoms with van der Waals surface area (Å²) in [6.07, 6.45) is 1.28. The third kappa shape index (κ3) is 4.03. The summed E-state index contributed by atoms with van der Waals surface area (Å²) < 4.78 is 5.54. The number of benzene rings is 1. The molecule has 4 nitrogen and oxygen atoms in total. The van der Waals surface area contributed by atoms with Gasteiger partial charge in [0.05, 0.1) is 6.61 Å². The Morgan fingerprint density at radius 2 is 1.94 bits per heavy atom. The number of carbonyl (C=O) groups excluding carboxylic acids is 1. The fourth-order valence-corrected chi connectivity index (χ4v) is 1.41. The number of hydrogen-bond acceptors (Lipinski definition) is 3. The molecule has 5 heteroatoms. The summed E-state index contributed by atoms with van der Waals surface area (Å²) in [5.41, 5.74) is 0.243. The summed E-state index contributed by atoms with van der Waals surface area (Å²) in [5.74, 6) is -2.13. The van der Waals surface area contributed by atoms with Gasteiger partial charge in [-0.05, 0) is 30.7 Å². The van der Waals surface area contributed by atoms with Crippen LogP contribution in [0, 0.1) is 0 Å². The van der Waals surface area contributed by atoms with Crippen LogP contribution in [-0.2, 0) is 14.3 Å². The highest BCUT2D eigenvalue weighted by atomic mass is 79.9. The van der Waals surface area contributed by atoms with Gasteiger partial charge in [-0.2, -0.15) is 0 Å². The summed E-state index contributed by atoms with van der Waals surface area (Å²) >= 11 is 3.27. The molecule has 0 atom stereocenters. The Balaban J connectivity index is 3.02. The van der Waals surface area contributed by atoms with E-state index in [1.807, 2.05) is 0 Å². The molecule has 17 heavy (non-hydrogen) atoms. The van der Waals surface area contributed by atoms with Gasteiger partial charge in [0.1, 0.15) is 5.57 Å². The number of esters is 1. The number of carbonyl (C=O) groups is 2. The zero-order valence-electron chi connectivity index (χ0n) is 9.14. The van der Waals surface area contributed by atoms with Gasteiger partial charge in [-0.15, -0.1) is 0 Å². The molecule has 0 unspecified atom stereocenters. The van der Waals surface area contributed by atoms with Gasteiger partial charge < -0.3 is 9.84 Å². The van der Waals surface area contributed by atoms with E-state index < -0.39 is 11.9 Å². The molecule has 1 N–H and O–H groups in total. The lowest BCUT2D eigenvalue weighted by Crippen LogP contribution is -2.15. The summed E-state index contributed by atoms with van der Waals surface area (Å²) in [7, 11) is 0. The van der Waals surface area contributed by atoms with Crippen LogP contribution in [-0.4, -0.2) is 23.7 Å². The zero-order chi connectivity index (χ0) is 12.8. The fourth-order valence-electron chi connectivity index (χ4n) is 1.14. The molecular weight excluding hydrogens is 288 g/mol. The van der Waals surface area contributed by atoms with Crippen molar-refractivity contribution in [1.29, 1.82) is 0 Å². The van der Waals surface area contributed by atoms with Crippen molar-refractivity contribution in [2.75, 3.05) is 6.61 Å². The van der Waals surface area contributed by atoms with Crippen LogP contribution >= 0.6 is 15.9 Å². The first kappa shape index (κ1) is 13.4. The standard InChI is InChI=1S/C12H11BrO4/c1-2-17-12(16)10(11(14)15)7-8-3-5-9(13)6-4-8/h3-7H,2H2,1H3,(H,14,15). The summed E-state index contributed by atoms with van der Waals surface area (Å²) in [6, 6.07) is 6.92. The van der Waals surface area contributed by atoms with Crippen LogP contribution in [0.25, 0.3) is 6.08 Å². The van der Waals surface area contributed by atoms with Gasteiger partial charge >= 0.3 is 11.9 Å². The molecule has 1 rings (SSSR count). The number of ether oxygens (including phenoxy) is 1. The van der Waals surface area contributed by atoms with Crippen molar-refractivity contribution < 1.29 is 19.4 Å². The maximum Gasteiger partial charge on any atom is 0.345 e. The molecule has 0 fully saturated rings. The van der Waals surface area contributed by atoms with E-state index in [4.69, 9.17) is 5.11 Å². The van der Waals surface area contributed by atoms with Gasteiger partial charge in [-0.3, -0.25) is 0 Å². The van der Waals surface area contributed by atoms with Crippen LogP contribution < -0.4 is 0 Å². The van der Waals surface area contributed by atoms with Crippen LogP contribution in [0.2, 0.25) is 0 Å². The fraction of sp³-hybridized carbons (Fsp3) is 0.167. The largest absolute Gasteiger partial charge is 0.477 e. The lowest BCUT2D eigenvalue weighted by molar-refractivity contribution is -0.143. The third-order valence-electron chi connectivity index (χ3n) is 1.91. The molecule has 0 saturated heterocycles. The number of carboxylic acids is 1. The van der Waals surface area contributed by atoms with Gasteiger partial charge in [-0.1, -0.05) is 28.1 Å². The average Bonchev–Trinajstić information content (AvgIpc) is 2.28. The van der Waals surface area contributed by atoms with E-state index in [1.54, 1.807) is 31.2 Å². The van der Waals surface area contributed by atoms with Crippen molar-refractivity contribution in [3.63, 3.8) is 0 Å². The Kier molecular flexibility index (Phi) is 4.90. The number of aliphatic carboxylic acids is 1. The molecule has 0 aromatic heterocycles. The van der Waals surface area contributed by atoms with E-state index in [9.17, 15) is 9.59 Å². The second-order valence-electron chi connectivity index (χ2n) is 3.14. The first-order valence-corrected chi connectivity index (χ1v) is 5.71. The second-order valence-corrected chi connectivity index (χ2v) is 4.05. The van der Waals surface area contributed by atoms with E-state index in [2.05, 4.69) is 20.7 Å². The van der Waals surface area contributed by atoms with Gasteiger partial charge in [0, 0.05) is 4.47 Å². The van der Waals surface area contributed by atoms with E-state index in [-0.39, 0.29) is 12.2 Å². The lowest BCUT2D eigenvalue weighted by Gasteiger charge is -2.02. The molecule has 1 aromatic carbocycles. The Hall–Kier alpha value is -1.62. The van der Waals surface area contributed by atoms with Crippen LogP contribution in [0.4, 0.5) is 0 Å². The van der Waals surface area contributed by atoms with Crippen LogP contribution in [0.15, 0.2) is 34.3 Å². The molecule has 0 aliphatic rings. The average molecular weight is 299 g/mol. The van der Waals surface area contributed by atoms with Crippen molar-refractivity contribution in [3.05, 3.63) is 39.9 Å². The minimum Gasteiger partial charge on any atom is -0.477 e. The van der Waals surface area contributed by atoms with Crippen molar-refractivity contribution in [1.82, 2.24) is 0 Å². The van der Waals surface area contributed by atoms with Gasteiger partial charge in [-0.25, -0.2) is 9.59 Å². The number of carboxylic acid groups (broad SMARTS) is 1. The smallest absolute Gasteiger partial charge is 0.345 e. The lowest BCUT2D eigenvalue weighted by atomic mass is 10.1. The van der Waals surface area contributed by atoms with E-state index >= 15 is 0 Å². The van der Waals surface area contributed by atoms with E-state index in [1.165, 1.54) is 6.08 Å². The molecule has 0 aliphatic heterocycles. The molecule has 0 amide bonds. The normalized spacial score (nSPS) is 11.1. The van der Waals surface area contributed by atoms with E-state index in [0.717, 1.165) is 4.47 Å². The van der Waals surface area contributed by atoms with Gasteiger partial charge in [0.15, 0.2) is 0 Å². The zero-order valence-corrected chi connectivity index (χ0v) is 10.7. The van der Waals surface area contributed by atoms with Gasteiger partial charge in [0.25, 0.3) is 0 Å². The minimum absolute atomic E-state index is 0.143. The molecule has 90 valence electrons. The van der Waals surface area contributed by atoms with Crippen LogP contribution in [0.5, 0.6) is 0 Å². The molecule has 0 aliphatic carbocycles. The molecule has 0 radical (unpaired) electrons. The number of hydrogen-bond donors (Lipinski definition) is 1. The second kappa shape index (κ2) is 6.20. The third-order valence-corrected chi connectivity index (χ3v) is 2.44. The maximum absolute atomic E-state index is 11.4. The Bertz CT molecular complexity index is 448. The molecule has 1 aromatic rings. The predicted octanol–water partition coefficient (Wildman–Crippen LogP) is 2.48. The number of halogens is 1. The van der Waals surface area contributed by atoms with E-state index in [0.29, 0.717) is 5.56 Å². The van der Waals surface area contributed by atoms with Crippen molar-refractivity contribution in [3.8, 4) is 0 Å². The first-order chi connectivity index (χ1) is 8.04. The van der Waals surface area contributed by atoms with Crippen molar-refractivity contribution in [2.24, 2.45) is 0 Å². The number of rotatable bonds is 4. The van der Waals surface area contributed by atoms with Crippen LogP contribution in [0.1, 0.15) is 12.5 Å².